The second-order valence-corrected chi connectivity index (χ2v) is 6.80. The Morgan fingerprint density at radius 3 is 2.52 bits per heavy atom. The second kappa shape index (κ2) is 7.25. The SMILES string of the molecule is CC1CCC(NC(=O)CCC2CCCCN2)(C(=O)O)CC1. The van der Waals surface area contributed by atoms with Crippen molar-refractivity contribution in [3.8, 4) is 0 Å². The average molecular weight is 296 g/mol. The van der Waals surface area contributed by atoms with Gasteiger partial charge in [0.15, 0.2) is 0 Å². The van der Waals surface area contributed by atoms with Gasteiger partial charge in [-0.05, 0) is 57.4 Å². The molecule has 2 fully saturated rings. The van der Waals surface area contributed by atoms with Crippen molar-refractivity contribution in [2.75, 3.05) is 6.54 Å². The topological polar surface area (TPSA) is 78.4 Å². The zero-order valence-electron chi connectivity index (χ0n) is 13.0. The maximum atomic E-state index is 12.1. The first-order valence-corrected chi connectivity index (χ1v) is 8.30. The molecule has 1 unspecified atom stereocenters. The molecule has 120 valence electrons. The lowest BCUT2D eigenvalue weighted by Gasteiger charge is -2.36. The predicted molar refractivity (Wildman–Crippen MR) is 81.0 cm³/mol. The number of aliphatic carboxylic acids is 1. The predicted octanol–water partition coefficient (Wildman–Crippen LogP) is 2.06. The van der Waals surface area contributed by atoms with E-state index in [2.05, 4.69) is 17.6 Å². The smallest absolute Gasteiger partial charge is 0.329 e. The minimum absolute atomic E-state index is 0.112. The maximum Gasteiger partial charge on any atom is 0.329 e. The Morgan fingerprint density at radius 1 is 1.24 bits per heavy atom. The van der Waals surface area contributed by atoms with Crippen LogP contribution in [-0.4, -0.2) is 35.1 Å². The molecule has 2 aliphatic rings. The molecule has 5 heteroatoms. The molecule has 0 aromatic rings. The number of carboxylic acids is 1. The van der Waals surface area contributed by atoms with Gasteiger partial charge in [0.2, 0.25) is 5.91 Å². The van der Waals surface area contributed by atoms with Crippen LogP contribution in [0.1, 0.15) is 64.7 Å². The van der Waals surface area contributed by atoms with Gasteiger partial charge in [-0.2, -0.15) is 0 Å². The molecule has 1 atom stereocenters. The molecule has 0 radical (unpaired) electrons. The van der Waals surface area contributed by atoms with Crippen molar-refractivity contribution in [1.82, 2.24) is 10.6 Å². The molecule has 1 saturated carbocycles. The van der Waals surface area contributed by atoms with Crippen LogP contribution >= 0.6 is 0 Å². The molecule has 21 heavy (non-hydrogen) atoms. The summed E-state index contributed by atoms with van der Waals surface area (Å²) < 4.78 is 0. The number of rotatable bonds is 5. The van der Waals surface area contributed by atoms with Gasteiger partial charge in [0, 0.05) is 12.5 Å². The summed E-state index contributed by atoms with van der Waals surface area (Å²) in [6, 6.07) is 0.414. The van der Waals surface area contributed by atoms with E-state index in [0.717, 1.165) is 32.2 Å². The first kappa shape index (κ1) is 16.3. The average Bonchev–Trinajstić information content (AvgIpc) is 2.48. The van der Waals surface area contributed by atoms with E-state index in [1.54, 1.807) is 0 Å². The minimum atomic E-state index is -1.02. The number of amides is 1. The van der Waals surface area contributed by atoms with Crippen molar-refractivity contribution in [3.05, 3.63) is 0 Å². The van der Waals surface area contributed by atoms with Gasteiger partial charge in [0.05, 0.1) is 0 Å². The molecule has 1 amide bonds. The molecule has 0 aromatic heterocycles. The fourth-order valence-electron chi connectivity index (χ4n) is 3.45. The van der Waals surface area contributed by atoms with Crippen molar-refractivity contribution >= 4 is 11.9 Å². The summed E-state index contributed by atoms with van der Waals surface area (Å²) in [5, 5.41) is 15.8. The summed E-state index contributed by atoms with van der Waals surface area (Å²) in [5.41, 5.74) is -1.02. The zero-order chi connectivity index (χ0) is 15.3. The van der Waals surface area contributed by atoms with Crippen molar-refractivity contribution in [2.24, 2.45) is 5.92 Å². The standard InChI is InChI=1S/C16H28N2O3/c1-12-7-9-16(10-8-12,15(20)21)18-14(19)6-5-13-4-2-3-11-17-13/h12-13,17H,2-11H2,1H3,(H,18,19)(H,20,21). The van der Waals surface area contributed by atoms with E-state index in [-0.39, 0.29) is 5.91 Å². The maximum absolute atomic E-state index is 12.1. The molecule has 1 saturated heterocycles. The van der Waals surface area contributed by atoms with Gasteiger partial charge in [-0.3, -0.25) is 4.79 Å². The van der Waals surface area contributed by atoms with Gasteiger partial charge >= 0.3 is 5.97 Å². The molecular weight excluding hydrogens is 268 g/mol. The van der Waals surface area contributed by atoms with E-state index in [1.165, 1.54) is 12.8 Å². The van der Waals surface area contributed by atoms with Crippen LogP contribution in [0.5, 0.6) is 0 Å². The monoisotopic (exact) mass is 296 g/mol. The van der Waals surface area contributed by atoms with E-state index in [9.17, 15) is 14.7 Å². The highest BCUT2D eigenvalue weighted by Crippen LogP contribution is 2.32. The largest absolute Gasteiger partial charge is 0.480 e. The number of nitrogens with one attached hydrogen (secondary N) is 2. The Morgan fingerprint density at radius 2 is 1.95 bits per heavy atom. The molecule has 0 spiro atoms. The van der Waals surface area contributed by atoms with Crippen LogP contribution in [0, 0.1) is 5.92 Å². The van der Waals surface area contributed by atoms with Gasteiger partial charge in [0.1, 0.15) is 5.54 Å². The normalized spacial score (nSPS) is 33.4. The first-order chi connectivity index (χ1) is 10.0. The quantitative estimate of drug-likeness (QED) is 0.725. The Balaban J connectivity index is 1.82. The molecule has 3 N–H and O–H groups in total. The van der Waals surface area contributed by atoms with Crippen LogP contribution < -0.4 is 10.6 Å². The minimum Gasteiger partial charge on any atom is -0.480 e. The van der Waals surface area contributed by atoms with E-state index in [4.69, 9.17) is 0 Å². The zero-order valence-corrected chi connectivity index (χ0v) is 13.0. The summed E-state index contributed by atoms with van der Waals surface area (Å²) in [4.78, 5) is 23.7. The number of carboxylic acid groups (broad SMARTS) is 1. The van der Waals surface area contributed by atoms with Crippen LogP contribution in [0.3, 0.4) is 0 Å². The molecule has 2 rings (SSSR count). The molecular formula is C16H28N2O3. The lowest BCUT2D eigenvalue weighted by Crippen LogP contribution is -2.56. The summed E-state index contributed by atoms with van der Waals surface area (Å²) in [7, 11) is 0. The summed E-state index contributed by atoms with van der Waals surface area (Å²) in [5.74, 6) is -0.432. The van der Waals surface area contributed by atoms with Crippen LogP contribution in [0.15, 0.2) is 0 Å². The van der Waals surface area contributed by atoms with Crippen molar-refractivity contribution in [3.63, 3.8) is 0 Å². The summed E-state index contributed by atoms with van der Waals surface area (Å²) in [6.07, 6.45) is 7.62. The summed E-state index contributed by atoms with van der Waals surface area (Å²) in [6.45, 7) is 3.17. The Kier molecular flexibility index (Phi) is 5.62. The van der Waals surface area contributed by atoms with Crippen molar-refractivity contribution < 1.29 is 14.7 Å². The lowest BCUT2D eigenvalue weighted by molar-refractivity contribution is -0.149. The highest BCUT2D eigenvalue weighted by atomic mass is 16.4. The van der Waals surface area contributed by atoms with Crippen LogP contribution in [0.4, 0.5) is 0 Å². The molecule has 5 nitrogen and oxygen atoms in total. The van der Waals surface area contributed by atoms with Crippen LogP contribution in [0.25, 0.3) is 0 Å². The third kappa shape index (κ3) is 4.43. The van der Waals surface area contributed by atoms with Gasteiger partial charge in [-0.15, -0.1) is 0 Å². The highest BCUT2D eigenvalue weighted by Gasteiger charge is 2.42. The van der Waals surface area contributed by atoms with Crippen molar-refractivity contribution in [1.29, 1.82) is 0 Å². The van der Waals surface area contributed by atoms with Gasteiger partial charge in [-0.1, -0.05) is 13.3 Å². The van der Waals surface area contributed by atoms with Gasteiger partial charge in [-0.25, -0.2) is 4.79 Å². The molecule has 1 heterocycles. The second-order valence-electron chi connectivity index (χ2n) is 6.80. The fourth-order valence-corrected chi connectivity index (χ4v) is 3.45. The molecule has 1 aliphatic heterocycles. The number of hydrogen-bond acceptors (Lipinski definition) is 3. The number of hydrogen-bond donors (Lipinski definition) is 3. The summed E-state index contributed by atoms with van der Waals surface area (Å²) >= 11 is 0. The fraction of sp³-hybridized carbons (Fsp3) is 0.875. The Hall–Kier alpha value is -1.10. The van der Waals surface area contributed by atoms with Gasteiger partial charge in [0.25, 0.3) is 0 Å². The van der Waals surface area contributed by atoms with E-state index >= 15 is 0 Å². The third-order valence-corrected chi connectivity index (χ3v) is 5.05. The van der Waals surface area contributed by atoms with E-state index in [0.29, 0.717) is 31.2 Å². The van der Waals surface area contributed by atoms with E-state index in [1.807, 2.05) is 0 Å². The first-order valence-electron chi connectivity index (χ1n) is 8.30. The van der Waals surface area contributed by atoms with Crippen LogP contribution in [-0.2, 0) is 9.59 Å². The molecule has 0 aromatic carbocycles. The molecule has 0 bridgehead atoms. The highest BCUT2D eigenvalue weighted by molar-refractivity contribution is 5.87. The lowest BCUT2D eigenvalue weighted by atomic mass is 9.77. The van der Waals surface area contributed by atoms with Crippen LogP contribution in [0.2, 0.25) is 0 Å². The number of piperidine rings is 1. The third-order valence-electron chi connectivity index (χ3n) is 5.05. The van der Waals surface area contributed by atoms with Crippen molar-refractivity contribution in [2.45, 2.75) is 76.3 Å². The molecule has 1 aliphatic carbocycles. The van der Waals surface area contributed by atoms with E-state index < -0.39 is 11.5 Å². The van der Waals surface area contributed by atoms with Gasteiger partial charge < -0.3 is 15.7 Å². The Bertz CT molecular complexity index is 370. The Labute approximate surface area is 126 Å². The number of carbonyl (C=O) groups excluding carboxylic acids is 1. The number of carbonyl (C=O) groups is 2.